The van der Waals surface area contributed by atoms with Crippen molar-refractivity contribution < 1.29 is 13.1 Å². The summed E-state index contributed by atoms with van der Waals surface area (Å²) in [7, 11) is 2.05. The van der Waals surface area contributed by atoms with Gasteiger partial charge in [0.25, 0.3) is 0 Å². The molecule has 2 aromatic heterocycles. The lowest BCUT2D eigenvalue weighted by molar-refractivity contribution is -0.660. The summed E-state index contributed by atoms with van der Waals surface area (Å²) >= 11 is 0. The third-order valence-corrected chi connectivity index (χ3v) is 8.44. The molecule has 0 aliphatic heterocycles. The van der Waals surface area contributed by atoms with Gasteiger partial charge in [0.05, 0.1) is 5.56 Å². The lowest BCUT2D eigenvalue weighted by Crippen LogP contribution is -2.30. The minimum Gasteiger partial charge on any atom is -0.455 e. The molecule has 6 aromatic rings. The summed E-state index contributed by atoms with van der Waals surface area (Å²) in [5.74, 6) is -2.75. The molecule has 0 aliphatic carbocycles. The Kier molecular flexibility index (Phi) is 6.35. The van der Waals surface area contributed by atoms with Crippen LogP contribution in [0.1, 0.15) is 85.6 Å². The zero-order valence-corrected chi connectivity index (χ0v) is 26.0. The third kappa shape index (κ3) is 4.83. The van der Waals surface area contributed by atoms with Crippen molar-refractivity contribution >= 4 is 21.9 Å². The number of furan rings is 1. The van der Waals surface area contributed by atoms with E-state index in [1.54, 1.807) is 0 Å². The van der Waals surface area contributed by atoms with Gasteiger partial charge in [-0.3, -0.25) is 0 Å². The van der Waals surface area contributed by atoms with Gasteiger partial charge >= 0.3 is 0 Å². The number of aryl methyl sites for hydroxylation is 2. The van der Waals surface area contributed by atoms with Crippen LogP contribution in [0.4, 0.5) is 0 Å². The van der Waals surface area contributed by atoms with Gasteiger partial charge in [0.15, 0.2) is 6.20 Å². The van der Waals surface area contributed by atoms with Gasteiger partial charge in [-0.2, -0.15) is 0 Å². The zero-order valence-electron chi connectivity index (χ0n) is 29.0. The Labute approximate surface area is 254 Å². The Morgan fingerprint density at radius 2 is 1.31 bits per heavy atom. The lowest BCUT2D eigenvalue weighted by Gasteiger charge is -2.23. The van der Waals surface area contributed by atoms with E-state index >= 15 is 0 Å². The Morgan fingerprint density at radius 3 is 1.95 bits per heavy atom. The van der Waals surface area contributed by atoms with Crippen LogP contribution < -0.4 is 4.57 Å². The van der Waals surface area contributed by atoms with Crippen molar-refractivity contribution in [2.24, 2.45) is 7.05 Å². The summed E-state index contributed by atoms with van der Waals surface area (Å²) in [4.78, 5) is 0. The Morgan fingerprint density at radius 1 is 0.643 bits per heavy atom. The second-order valence-corrected chi connectivity index (χ2v) is 12.2. The molecule has 2 heteroatoms. The first kappa shape index (κ1) is 24.4. The highest BCUT2D eigenvalue weighted by Gasteiger charge is 2.24. The highest BCUT2D eigenvalue weighted by atomic mass is 16.3. The van der Waals surface area contributed by atoms with E-state index in [9.17, 15) is 0 Å². The number of benzene rings is 4. The molecule has 0 aliphatic rings. The number of rotatable bonds is 6. The first-order valence-electron chi connectivity index (χ1n) is 16.3. The summed E-state index contributed by atoms with van der Waals surface area (Å²) in [6.45, 7) is 13.4. The zero-order chi connectivity index (χ0) is 32.5. The van der Waals surface area contributed by atoms with Crippen LogP contribution >= 0.6 is 0 Å². The van der Waals surface area contributed by atoms with E-state index in [2.05, 4.69) is 84.4 Å². The standard InChI is InChI=1S/C40H42NO/c1-24(2)31-20-34(25(3)4)39(35(21-31)26(5)6)30-18-19-41(8)36(22-30)38-27(7)14-16-33-32-17-15-29(23-37(32)42-40(33)38)28-12-10-9-11-13-28/h9-26H,1-8H3/q+1/i24D,25D,26D. The van der Waals surface area contributed by atoms with Gasteiger partial charge in [-0.05, 0) is 81.2 Å². The molecule has 0 unspecified atom stereocenters. The SMILES string of the molecule is [2H]C(C)(C)c1cc(C([2H])(C)C)c(-c2cc[n+](C)c(-c3c(C)ccc4c3oc3cc(-c5ccccc5)ccc34)c2)c(C([2H])(C)C)c1. The van der Waals surface area contributed by atoms with Gasteiger partial charge in [0.2, 0.25) is 5.69 Å². The number of hydrogen-bond donors (Lipinski definition) is 0. The van der Waals surface area contributed by atoms with Crippen LogP contribution in [-0.4, -0.2) is 0 Å². The van der Waals surface area contributed by atoms with Crippen LogP contribution in [0.5, 0.6) is 0 Å². The topological polar surface area (TPSA) is 17.0 Å². The fourth-order valence-electron chi connectivity index (χ4n) is 6.07. The molecule has 0 saturated heterocycles. The maximum Gasteiger partial charge on any atom is 0.216 e. The third-order valence-electron chi connectivity index (χ3n) is 8.44. The van der Waals surface area contributed by atoms with E-state index in [-0.39, 0.29) is 0 Å². The van der Waals surface area contributed by atoms with Crippen molar-refractivity contribution in [1.82, 2.24) is 0 Å². The van der Waals surface area contributed by atoms with E-state index in [1.165, 1.54) is 0 Å². The van der Waals surface area contributed by atoms with Gasteiger partial charge in [0.1, 0.15) is 18.2 Å². The molecular weight excluding hydrogens is 510 g/mol. The molecule has 42 heavy (non-hydrogen) atoms. The molecule has 0 saturated carbocycles. The van der Waals surface area contributed by atoms with Crippen molar-refractivity contribution in [2.75, 3.05) is 0 Å². The first-order valence-corrected chi connectivity index (χ1v) is 14.8. The van der Waals surface area contributed by atoms with E-state index < -0.39 is 17.7 Å². The quantitative estimate of drug-likeness (QED) is 0.187. The van der Waals surface area contributed by atoms with Gasteiger partial charge in [-0.25, -0.2) is 4.57 Å². The summed E-state index contributed by atoms with van der Waals surface area (Å²) in [5.41, 5.74) is 11.4. The molecule has 0 radical (unpaired) electrons. The molecule has 0 amide bonds. The van der Waals surface area contributed by atoms with Crippen LogP contribution in [0.15, 0.2) is 95.5 Å². The molecule has 0 N–H and O–H groups in total. The molecule has 4 aromatic carbocycles. The number of nitrogens with zero attached hydrogens (tertiary/aromatic N) is 1. The highest BCUT2D eigenvalue weighted by Crippen LogP contribution is 2.42. The first-order chi connectivity index (χ1) is 21.0. The van der Waals surface area contributed by atoms with Crippen molar-refractivity contribution in [2.45, 2.75) is 66.1 Å². The molecule has 212 valence electrons. The molecule has 0 fully saturated rings. The molecule has 0 spiro atoms. The van der Waals surface area contributed by atoms with Crippen LogP contribution in [0.3, 0.4) is 0 Å². The average Bonchev–Trinajstić information content (AvgIpc) is 3.34. The molecule has 6 rings (SSSR count). The molecule has 0 bridgehead atoms. The Bertz CT molecular complexity index is 2040. The van der Waals surface area contributed by atoms with Gasteiger partial charge in [0, 0.05) is 27.0 Å². The van der Waals surface area contributed by atoms with Crippen molar-refractivity contribution in [3.63, 3.8) is 0 Å². The minimum absolute atomic E-state index is 0.816. The number of fused-ring (bicyclic) bond motifs is 3. The molecule has 0 atom stereocenters. The molecule has 2 nitrogen and oxygen atoms in total. The number of aromatic nitrogens is 1. The van der Waals surface area contributed by atoms with E-state index in [1.807, 2.05) is 66.8 Å². The lowest BCUT2D eigenvalue weighted by atomic mass is 9.81. The number of hydrogen-bond acceptors (Lipinski definition) is 1. The summed E-state index contributed by atoms with van der Waals surface area (Å²) < 4.78 is 35.9. The van der Waals surface area contributed by atoms with Crippen molar-refractivity contribution in [1.29, 1.82) is 0 Å². The summed E-state index contributed by atoms with van der Waals surface area (Å²) in [6, 6.07) is 29.4. The largest absolute Gasteiger partial charge is 0.455 e. The summed E-state index contributed by atoms with van der Waals surface area (Å²) in [5, 5.41) is 2.15. The fourth-order valence-corrected chi connectivity index (χ4v) is 6.07. The molecular formula is C40H42NO+. The van der Waals surface area contributed by atoms with Crippen LogP contribution in [0.25, 0.3) is 55.4 Å². The van der Waals surface area contributed by atoms with Crippen LogP contribution in [-0.2, 0) is 7.05 Å². The fraction of sp³-hybridized carbons (Fsp3) is 0.275. The number of pyridine rings is 1. The average molecular weight is 556 g/mol. The normalized spacial score (nSPS) is 13.8. The predicted octanol–water partition coefficient (Wildman–Crippen LogP) is 11.1. The smallest absolute Gasteiger partial charge is 0.216 e. The van der Waals surface area contributed by atoms with E-state index in [0.717, 1.165) is 77.7 Å². The van der Waals surface area contributed by atoms with E-state index in [0.29, 0.717) is 0 Å². The van der Waals surface area contributed by atoms with Crippen LogP contribution in [0.2, 0.25) is 0 Å². The maximum atomic E-state index is 9.17. The Balaban J connectivity index is 1.62. The van der Waals surface area contributed by atoms with E-state index in [4.69, 9.17) is 8.53 Å². The van der Waals surface area contributed by atoms with Gasteiger partial charge in [-0.15, -0.1) is 0 Å². The predicted molar refractivity (Wildman–Crippen MR) is 178 cm³/mol. The van der Waals surface area contributed by atoms with Gasteiger partial charge in [-0.1, -0.05) is 102 Å². The Hall–Kier alpha value is -4.17. The monoisotopic (exact) mass is 555 g/mol. The van der Waals surface area contributed by atoms with Crippen molar-refractivity contribution in [3.8, 4) is 33.5 Å². The van der Waals surface area contributed by atoms with Crippen molar-refractivity contribution in [3.05, 3.63) is 113 Å². The minimum atomic E-state index is -0.945. The maximum absolute atomic E-state index is 9.17. The van der Waals surface area contributed by atoms with Crippen LogP contribution in [0, 0.1) is 6.92 Å². The second-order valence-electron chi connectivity index (χ2n) is 12.2. The summed E-state index contributed by atoms with van der Waals surface area (Å²) in [6.07, 6.45) is 2.06. The highest BCUT2D eigenvalue weighted by molar-refractivity contribution is 6.10. The molecule has 2 heterocycles. The van der Waals surface area contributed by atoms with Gasteiger partial charge < -0.3 is 4.42 Å². The second kappa shape index (κ2) is 10.9.